The van der Waals surface area contributed by atoms with Gasteiger partial charge in [0.05, 0.1) is 5.69 Å². The van der Waals surface area contributed by atoms with Crippen LogP contribution in [0.25, 0.3) is 5.69 Å². The molecule has 0 aliphatic carbocycles. The van der Waals surface area contributed by atoms with Gasteiger partial charge in [0, 0.05) is 6.20 Å². The van der Waals surface area contributed by atoms with Crippen molar-refractivity contribution in [1.29, 1.82) is 0 Å². The Bertz CT molecular complexity index is 829. The van der Waals surface area contributed by atoms with Crippen LogP contribution >= 0.6 is 0 Å². The van der Waals surface area contributed by atoms with E-state index in [2.05, 4.69) is 5.10 Å². The second kappa shape index (κ2) is 7.53. The number of primary amides is 1. The fourth-order valence-corrected chi connectivity index (χ4v) is 2.20. The zero-order valence-corrected chi connectivity index (χ0v) is 13.8. The number of para-hydroxylation sites is 1. The molecule has 0 saturated heterocycles. The first-order valence-electron chi connectivity index (χ1n) is 7.90. The number of nitrogens with zero attached hydrogens (tertiary/aromatic N) is 2. The number of carbonyl (C=O) groups is 1. The molecule has 0 radical (unpaired) electrons. The third-order valence-electron chi connectivity index (χ3n) is 3.59. The van der Waals surface area contributed by atoms with E-state index in [1.165, 1.54) is 0 Å². The van der Waals surface area contributed by atoms with Gasteiger partial charge in [-0.3, -0.25) is 4.79 Å². The number of benzene rings is 2. The maximum atomic E-state index is 11.0. The summed E-state index contributed by atoms with van der Waals surface area (Å²) in [7, 11) is 0. The predicted octanol–water partition coefficient (Wildman–Crippen LogP) is 2.70. The van der Waals surface area contributed by atoms with Crippen LogP contribution in [0.3, 0.4) is 0 Å². The molecule has 0 fully saturated rings. The van der Waals surface area contributed by atoms with Gasteiger partial charge in [0.2, 0.25) is 0 Å². The Morgan fingerprint density at radius 3 is 2.44 bits per heavy atom. The SMILES string of the molecule is CC(Oc1ccc(OCc2ccn(-c3ccccc3)n2)cc1)C(N)=O. The molecular formula is C19H19N3O3. The van der Waals surface area contributed by atoms with Crippen LogP contribution in [0.15, 0.2) is 66.9 Å². The number of hydrogen-bond donors (Lipinski definition) is 1. The maximum Gasteiger partial charge on any atom is 0.258 e. The molecule has 1 heterocycles. The van der Waals surface area contributed by atoms with Gasteiger partial charge in [-0.1, -0.05) is 18.2 Å². The highest BCUT2D eigenvalue weighted by atomic mass is 16.5. The van der Waals surface area contributed by atoms with Crippen LogP contribution in [-0.2, 0) is 11.4 Å². The lowest BCUT2D eigenvalue weighted by molar-refractivity contribution is -0.123. The van der Waals surface area contributed by atoms with Crippen molar-refractivity contribution in [2.75, 3.05) is 0 Å². The molecule has 25 heavy (non-hydrogen) atoms. The number of hydrogen-bond acceptors (Lipinski definition) is 4. The molecule has 0 aliphatic rings. The molecule has 3 rings (SSSR count). The summed E-state index contributed by atoms with van der Waals surface area (Å²) in [6.07, 6.45) is 1.23. The number of rotatable bonds is 7. The number of carbonyl (C=O) groups excluding carboxylic acids is 1. The Kier molecular flexibility index (Phi) is 4.99. The van der Waals surface area contributed by atoms with Gasteiger partial charge in [-0.05, 0) is 49.4 Å². The minimum atomic E-state index is -0.672. The van der Waals surface area contributed by atoms with Crippen molar-refractivity contribution >= 4 is 5.91 Å². The van der Waals surface area contributed by atoms with Crippen LogP contribution in [0.2, 0.25) is 0 Å². The second-order valence-electron chi connectivity index (χ2n) is 5.51. The third kappa shape index (κ3) is 4.38. The molecule has 0 aliphatic heterocycles. The van der Waals surface area contributed by atoms with Gasteiger partial charge in [0.25, 0.3) is 5.91 Å². The Balaban J connectivity index is 1.57. The molecule has 1 aromatic heterocycles. The van der Waals surface area contributed by atoms with Crippen molar-refractivity contribution in [2.45, 2.75) is 19.6 Å². The average Bonchev–Trinajstić information content (AvgIpc) is 3.11. The van der Waals surface area contributed by atoms with Gasteiger partial charge in [-0.25, -0.2) is 4.68 Å². The highest BCUT2D eigenvalue weighted by molar-refractivity contribution is 5.78. The summed E-state index contributed by atoms with van der Waals surface area (Å²) in [5.74, 6) is 0.745. The summed E-state index contributed by atoms with van der Waals surface area (Å²) in [5, 5.41) is 4.49. The number of nitrogens with two attached hydrogens (primary N) is 1. The largest absolute Gasteiger partial charge is 0.487 e. The van der Waals surface area contributed by atoms with E-state index in [1.54, 1.807) is 35.9 Å². The lowest BCUT2D eigenvalue weighted by atomic mass is 10.3. The van der Waals surface area contributed by atoms with E-state index >= 15 is 0 Å². The van der Waals surface area contributed by atoms with Crippen LogP contribution < -0.4 is 15.2 Å². The number of amides is 1. The summed E-state index contributed by atoms with van der Waals surface area (Å²) in [5.41, 5.74) is 7.00. The fourth-order valence-electron chi connectivity index (χ4n) is 2.20. The molecule has 2 N–H and O–H groups in total. The molecule has 0 saturated carbocycles. The Hall–Kier alpha value is -3.28. The highest BCUT2D eigenvalue weighted by Gasteiger charge is 2.10. The van der Waals surface area contributed by atoms with E-state index in [4.69, 9.17) is 15.2 Å². The zero-order chi connectivity index (χ0) is 17.6. The highest BCUT2D eigenvalue weighted by Crippen LogP contribution is 2.19. The summed E-state index contributed by atoms with van der Waals surface area (Å²) in [6, 6.07) is 18.8. The first kappa shape index (κ1) is 16.6. The molecule has 1 amide bonds. The van der Waals surface area contributed by atoms with Gasteiger partial charge < -0.3 is 15.2 Å². The zero-order valence-electron chi connectivity index (χ0n) is 13.8. The number of aromatic nitrogens is 2. The van der Waals surface area contributed by atoms with Crippen molar-refractivity contribution in [3.63, 3.8) is 0 Å². The van der Waals surface area contributed by atoms with Gasteiger partial charge in [-0.15, -0.1) is 0 Å². The first-order chi connectivity index (χ1) is 12.1. The summed E-state index contributed by atoms with van der Waals surface area (Å²) in [6.45, 7) is 1.97. The molecule has 2 aromatic carbocycles. The van der Waals surface area contributed by atoms with Crippen molar-refractivity contribution in [3.05, 3.63) is 72.6 Å². The Morgan fingerprint density at radius 2 is 1.76 bits per heavy atom. The smallest absolute Gasteiger partial charge is 0.258 e. The first-order valence-corrected chi connectivity index (χ1v) is 7.90. The molecule has 6 heteroatoms. The molecule has 0 spiro atoms. The van der Waals surface area contributed by atoms with Crippen molar-refractivity contribution in [2.24, 2.45) is 5.73 Å². The average molecular weight is 337 g/mol. The van der Waals surface area contributed by atoms with Crippen LogP contribution in [0.5, 0.6) is 11.5 Å². The van der Waals surface area contributed by atoms with Gasteiger partial charge in [-0.2, -0.15) is 5.10 Å². The van der Waals surface area contributed by atoms with E-state index in [1.807, 2.05) is 42.6 Å². The fraction of sp³-hybridized carbons (Fsp3) is 0.158. The standard InChI is InChI=1S/C19H19N3O3/c1-14(19(20)23)25-18-9-7-17(8-10-18)24-13-15-11-12-22(21-15)16-5-3-2-4-6-16/h2-12,14H,13H2,1H3,(H2,20,23). The Labute approximate surface area is 145 Å². The summed E-state index contributed by atoms with van der Waals surface area (Å²) in [4.78, 5) is 11.0. The summed E-state index contributed by atoms with van der Waals surface area (Å²) < 4.78 is 12.9. The van der Waals surface area contributed by atoms with Crippen molar-refractivity contribution < 1.29 is 14.3 Å². The topological polar surface area (TPSA) is 79.4 Å². The predicted molar refractivity (Wildman–Crippen MR) is 93.6 cm³/mol. The van der Waals surface area contributed by atoms with Crippen LogP contribution in [0.1, 0.15) is 12.6 Å². The number of ether oxygens (including phenoxy) is 2. The Morgan fingerprint density at radius 1 is 1.08 bits per heavy atom. The second-order valence-corrected chi connectivity index (χ2v) is 5.51. The van der Waals surface area contributed by atoms with E-state index in [9.17, 15) is 4.79 Å². The maximum absolute atomic E-state index is 11.0. The van der Waals surface area contributed by atoms with Crippen molar-refractivity contribution in [1.82, 2.24) is 9.78 Å². The van der Waals surface area contributed by atoms with Crippen LogP contribution in [0.4, 0.5) is 0 Å². The molecule has 1 atom stereocenters. The molecule has 0 bridgehead atoms. The molecule has 128 valence electrons. The lowest BCUT2D eigenvalue weighted by Crippen LogP contribution is -2.30. The van der Waals surface area contributed by atoms with Crippen molar-refractivity contribution in [3.8, 4) is 17.2 Å². The quantitative estimate of drug-likeness (QED) is 0.719. The molecule has 3 aromatic rings. The lowest BCUT2D eigenvalue weighted by Gasteiger charge is -2.11. The van der Waals surface area contributed by atoms with E-state index in [0.29, 0.717) is 18.1 Å². The minimum absolute atomic E-state index is 0.359. The van der Waals surface area contributed by atoms with E-state index in [-0.39, 0.29) is 0 Å². The van der Waals surface area contributed by atoms with Gasteiger partial charge in [0.15, 0.2) is 6.10 Å². The van der Waals surface area contributed by atoms with Gasteiger partial charge >= 0.3 is 0 Å². The normalized spacial score (nSPS) is 11.7. The minimum Gasteiger partial charge on any atom is -0.487 e. The van der Waals surface area contributed by atoms with Crippen LogP contribution in [0, 0.1) is 0 Å². The van der Waals surface area contributed by atoms with Crippen LogP contribution in [-0.4, -0.2) is 21.8 Å². The third-order valence-corrected chi connectivity index (χ3v) is 3.59. The van der Waals surface area contributed by atoms with Gasteiger partial charge in [0.1, 0.15) is 23.8 Å². The molecule has 6 nitrogen and oxygen atoms in total. The molecule has 1 unspecified atom stereocenters. The van der Waals surface area contributed by atoms with E-state index < -0.39 is 12.0 Å². The molecular weight excluding hydrogens is 318 g/mol. The monoisotopic (exact) mass is 337 g/mol. The van der Waals surface area contributed by atoms with E-state index in [0.717, 1.165) is 11.4 Å². The summed E-state index contributed by atoms with van der Waals surface area (Å²) >= 11 is 0.